The SMILES string of the molecule is NC(=O)OC[C@@H]1CCCCO1. The number of rotatable bonds is 2. The lowest BCUT2D eigenvalue weighted by atomic mass is 10.1. The Hall–Kier alpha value is -0.770. The van der Waals surface area contributed by atoms with Crippen LogP contribution in [0.2, 0.25) is 0 Å². The lowest BCUT2D eigenvalue weighted by Crippen LogP contribution is -2.27. The Bertz CT molecular complexity index is 132. The predicted octanol–water partition coefficient (Wildman–Crippen LogP) is 0.651. The fourth-order valence-corrected chi connectivity index (χ4v) is 1.11. The van der Waals surface area contributed by atoms with Crippen molar-refractivity contribution in [1.82, 2.24) is 0 Å². The molecule has 0 aromatic carbocycles. The van der Waals surface area contributed by atoms with Gasteiger partial charge in [-0.2, -0.15) is 0 Å². The first-order chi connectivity index (χ1) is 5.29. The summed E-state index contributed by atoms with van der Waals surface area (Å²) in [7, 11) is 0. The van der Waals surface area contributed by atoms with Gasteiger partial charge in [-0.15, -0.1) is 0 Å². The summed E-state index contributed by atoms with van der Waals surface area (Å²) in [6, 6.07) is 0. The summed E-state index contributed by atoms with van der Waals surface area (Å²) >= 11 is 0. The molecule has 1 fully saturated rings. The third kappa shape index (κ3) is 3.23. The fourth-order valence-electron chi connectivity index (χ4n) is 1.11. The summed E-state index contributed by atoms with van der Waals surface area (Å²) in [6.45, 7) is 1.07. The van der Waals surface area contributed by atoms with Gasteiger partial charge in [0.05, 0.1) is 6.10 Å². The average Bonchev–Trinajstić information content (AvgIpc) is 2.03. The quantitative estimate of drug-likeness (QED) is 0.643. The number of nitrogens with two attached hydrogens (primary N) is 1. The molecule has 1 saturated heterocycles. The van der Waals surface area contributed by atoms with Gasteiger partial charge in [-0.25, -0.2) is 4.79 Å². The maximum atomic E-state index is 10.2. The lowest BCUT2D eigenvalue weighted by Gasteiger charge is -2.21. The minimum absolute atomic E-state index is 0.0660. The predicted molar refractivity (Wildman–Crippen MR) is 39.1 cm³/mol. The summed E-state index contributed by atoms with van der Waals surface area (Å²) in [4.78, 5) is 10.2. The van der Waals surface area contributed by atoms with E-state index in [0.717, 1.165) is 25.9 Å². The molecule has 0 aliphatic carbocycles. The van der Waals surface area contributed by atoms with Crippen molar-refractivity contribution in [2.24, 2.45) is 5.73 Å². The monoisotopic (exact) mass is 159 g/mol. The van der Waals surface area contributed by atoms with Crippen LogP contribution in [-0.2, 0) is 9.47 Å². The summed E-state index contributed by atoms with van der Waals surface area (Å²) in [5, 5.41) is 0. The molecule has 0 aromatic rings. The first kappa shape index (κ1) is 8.33. The standard InChI is InChI=1S/C7H13NO3/c8-7(9)11-5-6-3-1-2-4-10-6/h6H,1-5H2,(H2,8,9)/t6-/m0/s1. The molecule has 2 N–H and O–H groups in total. The van der Waals surface area contributed by atoms with Crippen LogP contribution in [0.5, 0.6) is 0 Å². The van der Waals surface area contributed by atoms with Crippen LogP contribution in [0.15, 0.2) is 0 Å². The molecule has 0 spiro atoms. The van der Waals surface area contributed by atoms with Crippen molar-refractivity contribution in [3.63, 3.8) is 0 Å². The van der Waals surface area contributed by atoms with Crippen LogP contribution < -0.4 is 5.73 Å². The van der Waals surface area contributed by atoms with E-state index in [2.05, 4.69) is 4.74 Å². The highest BCUT2D eigenvalue weighted by molar-refractivity contribution is 5.64. The van der Waals surface area contributed by atoms with Gasteiger partial charge in [0.1, 0.15) is 6.61 Å². The van der Waals surface area contributed by atoms with Crippen molar-refractivity contribution >= 4 is 6.09 Å². The highest BCUT2D eigenvalue weighted by Crippen LogP contribution is 2.12. The van der Waals surface area contributed by atoms with Crippen LogP contribution in [0.3, 0.4) is 0 Å². The summed E-state index contributed by atoms with van der Waals surface area (Å²) in [5.41, 5.74) is 4.79. The largest absolute Gasteiger partial charge is 0.447 e. The summed E-state index contributed by atoms with van der Waals surface area (Å²) in [5.74, 6) is 0. The molecule has 4 heteroatoms. The first-order valence-electron chi connectivity index (χ1n) is 3.83. The summed E-state index contributed by atoms with van der Waals surface area (Å²) < 4.78 is 9.89. The Morgan fingerprint density at radius 1 is 1.64 bits per heavy atom. The van der Waals surface area contributed by atoms with E-state index in [-0.39, 0.29) is 6.10 Å². The van der Waals surface area contributed by atoms with E-state index in [1.54, 1.807) is 0 Å². The molecule has 0 unspecified atom stereocenters. The van der Waals surface area contributed by atoms with E-state index in [1.807, 2.05) is 0 Å². The third-order valence-corrected chi connectivity index (χ3v) is 1.69. The lowest BCUT2D eigenvalue weighted by molar-refractivity contribution is -0.0209. The highest BCUT2D eigenvalue weighted by Gasteiger charge is 2.14. The van der Waals surface area contributed by atoms with Gasteiger partial charge in [-0.05, 0) is 19.3 Å². The first-order valence-corrected chi connectivity index (χ1v) is 3.83. The normalized spacial score (nSPS) is 24.5. The number of primary amides is 1. The second-order valence-corrected chi connectivity index (χ2v) is 2.62. The Kier molecular flexibility index (Phi) is 3.16. The van der Waals surface area contributed by atoms with E-state index in [9.17, 15) is 4.79 Å². The van der Waals surface area contributed by atoms with Gasteiger partial charge in [-0.3, -0.25) is 0 Å². The van der Waals surface area contributed by atoms with Gasteiger partial charge in [0, 0.05) is 6.61 Å². The second-order valence-electron chi connectivity index (χ2n) is 2.62. The molecule has 1 aliphatic rings. The highest BCUT2D eigenvalue weighted by atomic mass is 16.6. The van der Waals surface area contributed by atoms with E-state index in [0.29, 0.717) is 6.61 Å². The number of hydrogen-bond acceptors (Lipinski definition) is 3. The van der Waals surface area contributed by atoms with E-state index in [1.165, 1.54) is 0 Å². The van der Waals surface area contributed by atoms with Crippen molar-refractivity contribution in [3.05, 3.63) is 0 Å². The third-order valence-electron chi connectivity index (χ3n) is 1.69. The molecular weight excluding hydrogens is 146 g/mol. The zero-order chi connectivity index (χ0) is 8.10. The van der Waals surface area contributed by atoms with Crippen molar-refractivity contribution in [1.29, 1.82) is 0 Å². The molecule has 1 heterocycles. The molecule has 0 radical (unpaired) electrons. The molecule has 1 atom stereocenters. The average molecular weight is 159 g/mol. The van der Waals surface area contributed by atoms with Crippen LogP contribution in [0, 0.1) is 0 Å². The fraction of sp³-hybridized carbons (Fsp3) is 0.857. The van der Waals surface area contributed by atoms with Gasteiger partial charge >= 0.3 is 6.09 Å². The molecule has 4 nitrogen and oxygen atoms in total. The van der Waals surface area contributed by atoms with Crippen LogP contribution in [0.1, 0.15) is 19.3 Å². The number of ether oxygens (including phenoxy) is 2. The number of amides is 1. The van der Waals surface area contributed by atoms with Crippen molar-refractivity contribution in [2.75, 3.05) is 13.2 Å². The van der Waals surface area contributed by atoms with Crippen LogP contribution in [-0.4, -0.2) is 25.4 Å². The zero-order valence-corrected chi connectivity index (χ0v) is 6.41. The minimum Gasteiger partial charge on any atom is -0.447 e. The van der Waals surface area contributed by atoms with Crippen molar-refractivity contribution in [2.45, 2.75) is 25.4 Å². The topological polar surface area (TPSA) is 61.6 Å². The van der Waals surface area contributed by atoms with E-state index in [4.69, 9.17) is 10.5 Å². The van der Waals surface area contributed by atoms with Gasteiger partial charge in [0.2, 0.25) is 0 Å². The number of carbonyl (C=O) groups is 1. The van der Waals surface area contributed by atoms with Crippen LogP contribution in [0.25, 0.3) is 0 Å². The number of hydrogen-bond donors (Lipinski definition) is 1. The Morgan fingerprint density at radius 3 is 3.00 bits per heavy atom. The Morgan fingerprint density at radius 2 is 2.45 bits per heavy atom. The molecule has 1 aliphatic heterocycles. The minimum atomic E-state index is -0.723. The van der Waals surface area contributed by atoms with Crippen molar-refractivity contribution in [3.8, 4) is 0 Å². The van der Waals surface area contributed by atoms with Crippen LogP contribution >= 0.6 is 0 Å². The molecule has 0 saturated carbocycles. The molecule has 11 heavy (non-hydrogen) atoms. The smallest absolute Gasteiger partial charge is 0.404 e. The van der Waals surface area contributed by atoms with E-state index < -0.39 is 6.09 Å². The molecular formula is C7H13NO3. The van der Waals surface area contributed by atoms with Gasteiger partial charge in [-0.1, -0.05) is 0 Å². The Labute approximate surface area is 65.7 Å². The van der Waals surface area contributed by atoms with Crippen molar-refractivity contribution < 1.29 is 14.3 Å². The zero-order valence-electron chi connectivity index (χ0n) is 6.41. The van der Waals surface area contributed by atoms with Gasteiger partial charge in [0.25, 0.3) is 0 Å². The van der Waals surface area contributed by atoms with Gasteiger partial charge < -0.3 is 15.2 Å². The summed E-state index contributed by atoms with van der Waals surface area (Å²) in [6.07, 6.45) is 2.56. The maximum Gasteiger partial charge on any atom is 0.404 e. The van der Waals surface area contributed by atoms with Crippen LogP contribution in [0.4, 0.5) is 4.79 Å². The van der Waals surface area contributed by atoms with Gasteiger partial charge in [0.15, 0.2) is 0 Å². The molecule has 1 amide bonds. The molecule has 0 aromatic heterocycles. The second kappa shape index (κ2) is 4.18. The molecule has 64 valence electrons. The maximum absolute atomic E-state index is 10.2. The molecule has 1 rings (SSSR count). The Balaban J connectivity index is 2.09. The molecule has 0 bridgehead atoms. The van der Waals surface area contributed by atoms with E-state index >= 15 is 0 Å². The number of carbonyl (C=O) groups excluding carboxylic acids is 1.